The molecule has 2 amide bonds. The van der Waals surface area contributed by atoms with E-state index in [1.165, 1.54) is 0 Å². The van der Waals surface area contributed by atoms with Gasteiger partial charge in [0.05, 0.1) is 13.7 Å². The molecule has 0 bridgehead atoms. The van der Waals surface area contributed by atoms with E-state index in [-0.39, 0.29) is 12.6 Å². The molecule has 0 saturated carbocycles. The van der Waals surface area contributed by atoms with Crippen molar-refractivity contribution < 1.29 is 9.53 Å². The van der Waals surface area contributed by atoms with Gasteiger partial charge in [-0.15, -0.1) is 0 Å². The highest BCUT2D eigenvalue weighted by Gasteiger charge is 2.02. The van der Waals surface area contributed by atoms with Crippen molar-refractivity contribution in [3.63, 3.8) is 0 Å². The minimum atomic E-state index is -0.234. The number of ether oxygens (including phenoxy) is 1. The number of rotatable bonds is 4. The zero-order valence-corrected chi connectivity index (χ0v) is 14.6. The molecule has 0 unspecified atom stereocenters. The molecule has 3 aromatic rings. The van der Waals surface area contributed by atoms with Gasteiger partial charge in [0, 0.05) is 12.1 Å². The molecule has 130 valence electrons. The van der Waals surface area contributed by atoms with Gasteiger partial charge in [-0.3, -0.25) is 0 Å². The van der Waals surface area contributed by atoms with Crippen LogP contribution in [0.3, 0.4) is 0 Å². The van der Waals surface area contributed by atoms with E-state index in [4.69, 9.17) is 4.74 Å². The summed E-state index contributed by atoms with van der Waals surface area (Å²) in [6.07, 6.45) is 0. The number of fused-ring (bicyclic) bond motifs is 1. The molecule has 0 atom stereocenters. The molecule has 0 fully saturated rings. The molecule has 2 N–H and O–H groups in total. The Kier molecular flexibility index (Phi) is 5.74. The number of hydrogen-bond donors (Lipinski definition) is 2. The quantitative estimate of drug-likeness (QED) is 0.709. The van der Waals surface area contributed by atoms with Gasteiger partial charge in [-0.2, -0.15) is 0 Å². The first-order valence-electron chi connectivity index (χ1n) is 8.37. The number of amides is 2. The van der Waals surface area contributed by atoms with E-state index >= 15 is 0 Å². The summed E-state index contributed by atoms with van der Waals surface area (Å²) in [7, 11) is 1.63. The Morgan fingerprint density at radius 1 is 0.962 bits per heavy atom. The summed E-state index contributed by atoms with van der Waals surface area (Å²) in [5, 5.41) is 7.93. The van der Waals surface area contributed by atoms with Gasteiger partial charge in [-0.25, -0.2) is 4.79 Å². The molecule has 0 aliphatic rings. The van der Waals surface area contributed by atoms with Crippen LogP contribution in [-0.2, 0) is 6.54 Å². The monoisotopic (exact) mass is 344 g/mol. The van der Waals surface area contributed by atoms with Gasteiger partial charge in [0.15, 0.2) is 0 Å². The highest BCUT2D eigenvalue weighted by Crippen LogP contribution is 2.18. The van der Waals surface area contributed by atoms with Crippen LogP contribution in [0.1, 0.15) is 11.1 Å². The molecule has 0 heterocycles. The van der Waals surface area contributed by atoms with Crippen LogP contribution in [0.15, 0.2) is 66.7 Å². The van der Waals surface area contributed by atoms with E-state index in [2.05, 4.69) is 40.7 Å². The molecular formula is C22H20N2O2. The standard InChI is InChI=1S/C22H20N2O2/c1-26-20-13-11-17(12-14-20)6-5-15-23-22(25)24-16-19-9-4-8-18-7-2-3-10-21(18)19/h2-4,7-14H,15-16H2,1H3,(H2,23,24,25). The third-order valence-corrected chi connectivity index (χ3v) is 3.98. The Morgan fingerprint density at radius 3 is 2.54 bits per heavy atom. The second-order valence-corrected chi connectivity index (χ2v) is 5.70. The molecule has 0 aromatic heterocycles. The summed E-state index contributed by atoms with van der Waals surface area (Å²) in [6, 6.07) is 21.5. The average Bonchev–Trinajstić information content (AvgIpc) is 2.70. The first-order valence-corrected chi connectivity index (χ1v) is 8.37. The maximum atomic E-state index is 11.9. The van der Waals surface area contributed by atoms with E-state index in [1.54, 1.807) is 7.11 Å². The van der Waals surface area contributed by atoms with Crippen LogP contribution in [0.4, 0.5) is 4.79 Å². The molecule has 0 aliphatic heterocycles. The van der Waals surface area contributed by atoms with Crippen molar-refractivity contribution in [2.75, 3.05) is 13.7 Å². The normalized spacial score (nSPS) is 9.88. The molecule has 0 spiro atoms. The van der Waals surface area contributed by atoms with E-state index < -0.39 is 0 Å². The van der Waals surface area contributed by atoms with E-state index in [1.807, 2.05) is 48.5 Å². The fraction of sp³-hybridized carbons (Fsp3) is 0.136. The molecular weight excluding hydrogens is 324 g/mol. The molecule has 26 heavy (non-hydrogen) atoms. The summed E-state index contributed by atoms with van der Waals surface area (Å²) in [6.45, 7) is 0.756. The molecule has 0 saturated heterocycles. The fourth-order valence-electron chi connectivity index (χ4n) is 2.63. The first-order chi connectivity index (χ1) is 12.8. The Morgan fingerprint density at radius 2 is 1.73 bits per heavy atom. The first kappa shape index (κ1) is 17.4. The lowest BCUT2D eigenvalue weighted by Gasteiger charge is -2.08. The van der Waals surface area contributed by atoms with Gasteiger partial charge in [0.2, 0.25) is 0 Å². The Labute approximate surface area is 153 Å². The van der Waals surface area contributed by atoms with Crippen molar-refractivity contribution in [2.45, 2.75) is 6.54 Å². The van der Waals surface area contributed by atoms with E-state index in [0.29, 0.717) is 6.54 Å². The number of benzene rings is 3. The third-order valence-electron chi connectivity index (χ3n) is 3.98. The Hall–Kier alpha value is -3.45. The summed E-state index contributed by atoms with van der Waals surface area (Å²) >= 11 is 0. The van der Waals surface area contributed by atoms with Crippen LogP contribution in [0, 0.1) is 11.8 Å². The molecule has 0 aliphatic carbocycles. The maximum absolute atomic E-state index is 11.9. The van der Waals surface area contributed by atoms with Gasteiger partial charge >= 0.3 is 6.03 Å². The Balaban J connectivity index is 1.49. The maximum Gasteiger partial charge on any atom is 0.315 e. The number of carbonyl (C=O) groups is 1. The minimum Gasteiger partial charge on any atom is -0.497 e. The van der Waals surface area contributed by atoms with Crippen molar-refractivity contribution in [2.24, 2.45) is 0 Å². The lowest BCUT2D eigenvalue weighted by Crippen LogP contribution is -2.35. The highest BCUT2D eigenvalue weighted by molar-refractivity contribution is 5.86. The van der Waals surface area contributed by atoms with Crippen molar-refractivity contribution in [1.29, 1.82) is 0 Å². The SMILES string of the molecule is COc1ccc(C#CCNC(=O)NCc2cccc3ccccc23)cc1. The fourth-order valence-corrected chi connectivity index (χ4v) is 2.63. The molecule has 0 radical (unpaired) electrons. The van der Waals surface area contributed by atoms with Gasteiger partial charge < -0.3 is 15.4 Å². The smallest absolute Gasteiger partial charge is 0.315 e. The van der Waals surface area contributed by atoms with Gasteiger partial charge in [-0.05, 0) is 40.6 Å². The summed E-state index contributed by atoms with van der Waals surface area (Å²) < 4.78 is 5.10. The van der Waals surface area contributed by atoms with Crippen molar-refractivity contribution in [3.8, 4) is 17.6 Å². The highest BCUT2D eigenvalue weighted by atomic mass is 16.5. The van der Waals surface area contributed by atoms with E-state index in [0.717, 1.165) is 27.6 Å². The van der Waals surface area contributed by atoms with Crippen LogP contribution >= 0.6 is 0 Å². The summed E-state index contributed by atoms with van der Waals surface area (Å²) in [5.41, 5.74) is 1.96. The largest absolute Gasteiger partial charge is 0.497 e. The molecule has 4 nitrogen and oxygen atoms in total. The van der Waals surface area contributed by atoms with Crippen molar-refractivity contribution >= 4 is 16.8 Å². The third kappa shape index (κ3) is 4.55. The number of hydrogen-bond acceptors (Lipinski definition) is 2. The summed E-state index contributed by atoms with van der Waals surface area (Å²) in [5.74, 6) is 6.73. The van der Waals surface area contributed by atoms with Crippen LogP contribution in [0.5, 0.6) is 5.75 Å². The second-order valence-electron chi connectivity index (χ2n) is 5.70. The Bertz CT molecular complexity index is 948. The zero-order chi connectivity index (χ0) is 18.2. The van der Waals surface area contributed by atoms with Crippen LogP contribution in [0.25, 0.3) is 10.8 Å². The van der Waals surface area contributed by atoms with Crippen LogP contribution in [-0.4, -0.2) is 19.7 Å². The van der Waals surface area contributed by atoms with Crippen LogP contribution in [0.2, 0.25) is 0 Å². The minimum absolute atomic E-state index is 0.234. The lowest BCUT2D eigenvalue weighted by atomic mass is 10.0. The number of methoxy groups -OCH3 is 1. The predicted molar refractivity (Wildman–Crippen MR) is 104 cm³/mol. The lowest BCUT2D eigenvalue weighted by molar-refractivity contribution is 0.241. The van der Waals surface area contributed by atoms with Crippen molar-refractivity contribution in [3.05, 3.63) is 77.9 Å². The zero-order valence-electron chi connectivity index (χ0n) is 14.6. The second kappa shape index (κ2) is 8.59. The molecule has 3 aromatic carbocycles. The molecule has 4 heteroatoms. The number of carbonyl (C=O) groups excluding carboxylic acids is 1. The number of urea groups is 1. The van der Waals surface area contributed by atoms with Crippen molar-refractivity contribution in [1.82, 2.24) is 10.6 Å². The van der Waals surface area contributed by atoms with Gasteiger partial charge in [-0.1, -0.05) is 54.3 Å². The average molecular weight is 344 g/mol. The topological polar surface area (TPSA) is 50.4 Å². The number of nitrogens with one attached hydrogen (secondary N) is 2. The van der Waals surface area contributed by atoms with Gasteiger partial charge in [0.25, 0.3) is 0 Å². The van der Waals surface area contributed by atoms with E-state index in [9.17, 15) is 4.79 Å². The van der Waals surface area contributed by atoms with Gasteiger partial charge in [0.1, 0.15) is 5.75 Å². The summed E-state index contributed by atoms with van der Waals surface area (Å²) in [4.78, 5) is 11.9. The molecule has 3 rings (SSSR count). The predicted octanol–water partition coefficient (Wildman–Crippen LogP) is 3.70. The van der Waals surface area contributed by atoms with Crippen LogP contribution < -0.4 is 15.4 Å².